The zero-order valence-corrected chi connectivity index (χ0v) is 17.9. The average Bonchev–Trinajstić information content (AvgIpc) is 2.78. The molecule has 0 unspecified atom stereocenters. The van der Waals surface area contributed by atoms with E-state index in [0.29, 0.717) is 28.6 Å². The molecule has 4 aromatic rings. The maximum Gasteiger partial charge on any atom is 0.417 e. The molecule has 35 heavy (non-hydrogen) atoms. The molecule has 5 nitrogen and oxygen atoms in total. The van der Waals surface area contributed by atoms with Crippen LogP contribution in [0.1, 0.15) is 27.0 Å². The third kappa shape index (κ3) is 5.03. The zero-order valence-electron chi connectivity index (χ0n) is 17.9. The van der Waals surface area contributed by atoms with Gasteiger partial charge < -0.3 is 11.1 Å². The zero-order chi connectivity index (χ0) is 25.5. The van der Waals surface area contributed by atoms with E-state index in [2.05, 4.69) is 15.3 Å². The van der Waals surface area contributed by atoms with E-state index in [1.165, 1.54) is 6.07 Å². The molecule has 0 aliphatic rings. The van der Waals surface area contributed by atoms with Crippen molar-refractivity contribution in [3.05, 3.63) is 83.0 Å². The summed E-state index contributed by atoms with van der Waals surface area (Å²) in [5, 5.41) is 3.05. The number of benzene rings is 3. The fourth-order valence-corrected chi connectivity index (χ4v) is 3.58. The number of halogens is 6. The molecule has 0 saturated heterocycles. The minimum Gasteiger partial charge on any atom is -0.368 e. The Hall–Kier alpha value is -4.15. The van der Waals surface area contributed by atoms with Gasteiger partial charge in [0, 0.05) is 17.3 Å². The first kappa shape index (κ1) is 24.0. The van der Waals surface area contributed by atoms with Gasteiger partial charge >= 0.3 is 12.4 Å². The summed E-state index contributed by atoms with van der Waals surface area (Å²) in [4.78, 5) is 20.7. The molecule has 4 rings (SSSR count). The molecule has 0 saturated carbocycles. The van der Waals surface area contributed by atoms with Crippen LogP contribution in [0.25, 0.3) is 22.0 Å². The molecule has 0 fully saturated rings. The summed E-state index contributed by atoms with van der Waals surface area (Å²) in [6, 6.07) is 10.9. The maximum atomic E-state index is 13.4. The second-order valence-electron chi connectivity index (χ2n) is 7.74. The molecule has 1 aromatic heterocycles. The average molecular weight is 490 g/mol. The molecule has 180 valence electrons. The number of carbonyl (C=O) groups excluding carboxylic acids is 1. The lowest BCUT2D eigenvalue weighted by molar-refractivity contribution is -0.143. The molecule has 0 atom stereocenters. The molecule has 0 radical (unpaired) electrons. The monoisotopic (exact) mass is 490 g/mol. The van der Waals surface area contributed by atoms with Crippen LogP contribution in [0.15, 0.2) is 60.8 Å². The van der Waals surface area contributed by atoms with Crippen LogP contribution in [-0.4, -0.2) is 15.9 Å². The van der Waals surface area contributed by atoms with Crippen molar-refractivity contribution < 1.29 is 31.1 Å². The third-order valence-corrected chi connectivity index (χ3v) is 5.30. The van der Waals surface area contributed by atoms with Crippen molar-refractivity contribution >= 4 is 28.4 Å². The number of nitrogens with one attached hydrogen (secondary N) is 1. The van der Waals surface area contributed by atoms with Crippen molar-refractivity contribution in [3.63, 3.8) is 0 Å². The minimum absolute atomic E-state index is 0.0701. The van der Waals surface area contributed by atoms with Crippen molar-refractivity contribution in [2.75, 3.05) is 11.1 Å². The van der Waals surface area contributed by atoms with Crippen LogP contribution in [0.2, 0.25) is 0 Å². The second-order valence-corrected chi connectivity index (χ2v) is 7.74. The summed E-state index contributed by atoms with van der Waals surface area (Å²) >= 11 is 0. The molecule has 1 heterocycles. The highest BCUT2D eigenvalue weighted by atomic mass is 19.4. The fraction of sp³-hybridized carbons (Fsp3) is 0.125. The first-order valence-electron chi connectivity index (χ1n) is 10.1. The largest absolute Gasteiger partial charge is 0.417 e. The summed E-state index contributed by atoms with van der Waals surface area (Å²) < 4.78 is 79.1. The van der Waals surface area contributed by atoms with Gasteiger partial charge in [0.05, 0.1) is 22.2 Å². The molecular weight excluding hydrogens is 474 g/mol. The lowest BCUT2D eigenvalue weighted by atomic mass is 9.98. The topological polar surface area (TPSA) is 80.9 Å². The van der Waals surface area contributed by atoms with Crippen LogP contribution in [-0.2, 0) is 12.4 Å². The number of amides is 1. The second kappa shape index (κ2) is 8.57. The summed E-state index contributed by atoms with van der Waals surface area (Å²) in [5.74, 6) is -1.07. The first-order chi connectivity index (χ1) is 16.3. The smallest absolute Gasteiger partial charge is 0.368 e. The van der Waals surface area contributed by atoms with Crippen molar-refractivity contribution in [2.24, 2.45) is 0 Å². The van der Waals surface area contributed by atoms with Gasteiger partial charge in [-0.2, -0.15) is 26.3 Å². The van der Waals surface area contributed by atoms with E-state index < -0.39 is 35.0 Å². The predicted molar refractivity (Wildman–Crippen MR) is 119 cm³/mol. The van der Waals surface area contributed by atoms with Crippen molar-refractivity contribution in [2.45, 2.75) is 19.3 Å². The van der Waals surface area contributed by atoms with Gasteiger partial charge in [-0.15, -0.1) is 0 Å². The first-order valence-corrected chi connectivity index (χ1v) is 10.1. The van der Waals surface area contributed by atoms with E-state index in [1.54, 1.807) is 36.5 Å². The lowest BCUT2D eigenvalue weighted by Crippen LogP contribution is -2.20. The predicted octanol–water partition coefficient (Wildman–Crippen LogP) is 6.48. The Morgan fingerprint density at radius 2 is 1.66 bits per heavy atom. The van der Waals surface area contributed by atoms with Gasteiger partial charge in [-0.25, -0.2) is 9.97 Å². The van der Waals surface area contributed by atoms with Gasteiger partial charge in [0.15, 0.2) is 0 Å². The van der Waals surface area contributed by atoms with E-state index in [-0.39, 0.29) is 17.7 Å². The normalized spacial score (nSPS) is 12.1. The van der Waals surface area contributed by atoms with Crippen LogP contribution in [0, 0.1) is 6.92 Å². The molecule has 0 bridgehead atoms. The number of aryl methyl sites for hydroxylation is 1. The van der Waals surface area contributed by atoms with Crippen LogP contribution in [0.3, 0.4) is 0 Å². The summed E-state index contributed by atoms with van der Waals surface area (Å²) in [7, 11) is 0. The Labute approximate surface area is 194 Å². The van der Waals surface area contributed by atoms with E-state index in [4.69, 9.17) is 5.73 Å². The number of nitrogens with zero attached hydrogens (tertiary/aromatic N) is 2. The number of nitrogens with two attached hydrogens (primary N) is 1. The summed E-state index contributed by atoms with van der Waals surface area (Å²) in [5.41, 5.74) is 4.48. The van der Waals surface area contributed by atoms with Crippen LogP contribution < -0.4 is 11.1 Å². The van der Waals surface area contributed by atoms with E-state index in [0.717, 1.165) is 11.1 Å². The number of carbonyl (C=O) groups is 1. The molecular formula is C24H16F6N4O. The quantitative estimate of drug-likeness (QED) is 0.322. The molecule has 11 heteroatoms. The number of aromatic nitrogens is 2. The fourth-order valence-electron chi connectivity index (χ4n) is 3.58. The molecule has 0 aliphatic heterocycles. The van der Waals surface area contributed by atoms with Gasteiger partial charge in [0.2, 0.25) is 5.95 Å². The third-order valence-electron chi connectivity index (χ3n) is 5.30. The number of anilines is 2. The van der Waals surface area contributed by atoms with Crippen molar-refractivity contribution in [3.8, 4) is 11.1 Å². The van der Waals surface area contributed by atoms with Gasteiger partial charge in [-0.3, -0.25) is 4.79 Å². The van der Waals surface area contributed by atoms with Gasteiger partial charge in [-0.1, -0.05) is 12.1 Å². The number of alkyl halides is 6. The lowest BCUT2D eigenvalue weighted by Gasteiger charge is -2.16. The van der Waals surface area contributed by atoms with Gasteiger partial charge in [-0.05, 0) is 66.1 Å². The van der Waals surface area contributed by atoms with E-state index in [1.807, 2.05) is 6.92 Å². The highest BCUT2D eigenvalue weighted by molar-refractivity contribution is 6.06. The molecule has 1 amide bonds. The number of hydrogen-bond acceptors (Lipinski definition) is 4. The van der Waals surface area contributed by atoms with E-state index in [9.17, 15) is 31.1 Å². The van der Waals surface area contributed by atoms with Gasteiger partial charge in [0.25, 0.3) is 5.91 Å². The number of rotatable bonds is 3. The maximum absolute atomic E-state index is 13.4. The Kier molecular flexibility index (Phi) is 5.87. The standard InChI is InChI=1S/C24H16F6N4O/c1-12-2-5-16(10-18(12)13-3-7-20-14(8-13)11-32-22(31)34-20)33-21(35)17-6-4-15(23(25,26)27)9-19(17)24(28,29)30/h2-11H,1H3,(H,33,35)(H2,31,32,34). The summed E-state index contributed by atoms with van der Waals surface area (Å²) in [6.45, 7) is 1.81. The van der Waals surface area contributed by atoms with Crippen LogP contribution >= 0.6 is 0 Å². The highest BCUT2D eigenvalue weighted by Gasteiger charge is 2.39. The minimum atomic E-state index is -5.16. The summed E-state index contributed by atoms with van der Waals surface area (Å²) in [6.07, 6.45) is -8.61. The Morgan fingerprint density at radius 3 is 2.34 bits per heavy atom. The molecule has 3 N–H and O–H groups in total. The Balaban J connectivity index is 1.69. The van der Waals surface area contributed by atoms with Crippen molar-refractivity contribution in [1.29, 1.82) is 0 Å². The number of fused-ring (bicyclic) bond motifs is 1. The molecule has 0 spiro atoms. The van der Waals surface area contributed by atoms with E-state index >= 15 is 0 Å². The Morgan fingerprint density at radius 1 is 0.914 bits per heavy atom. The highest BCUT2D eigenvalue weighted by Crippen LogP contribution is 2.38. The number of hydrogen-bond donors (Lipinski definition) is 2. The van der Waals surface area contributed by atoms with Crippen LogP contribution in [0.5, 0.6) is 0 Å². The number of nitrogen functional groups attached to an aromatic ring is 1. The van der Waals surface area contributed by atoms with Gasteiger partial charge in [0.1, 0.15) is 0 Å². The van der Waals surface area contributed by atoms with Crippen molar-refractivity contribution in [1.82, 2.24) is 9.97 Å². The molecule has 0 aliphatic carbocycles. The van der Waals surface area contributed by atoms with Crippen LogP contribution in [0.4, 0.5) is 38.0 Å². The SMILES string of the molecule is Cc1ccc(NC(=O)c2ccc(C(F)(F)F)cc2C(F)(F)F)cc1-c1ccc2nc(N)ncc2c1. The molecule has 3 aromatic carbocycles. The Bertz CT molecular complexity index is 1450.